The number of rotatable bonds is 7. The number of hydrogen-bond donors (Lipinski definition) is 2. The third-order valence-electron chi connectivity index (χ3n) is 3.79. The molecule has 5 heteroatoms. The van der Waals surface area contributed by atoms with Crippen molar-refractivity contribution in [2.45, 2.75) is 26.7 Å². The number of carbonyl (C=O) groups is 1. The largest absolute Gasteiger partial charge is 0.493 e. The van der Waals surface area contributed by atoms with Crippen LogP contribution in [0.1, 0.15) is 22.5 Å². The van der Waals surface area contributed by atoms with Crippen molar-refractivity contribution in [1.82, 2.24) is 10.3 Å². The molecule has 2 aromatic rings. The lowest BCUT2D eigenvalue weighted by Gasteiger charge is -2.10. The predicted octanol–water partition coefficient (Wildman–Crippen LogP) is 2.55. The third-order valence-corrected chi connectivity index (χ3v) is 3.79. The minimum absolute atomic E-state index is 0.0348. The zero-order valence-corrected chi connectivity index (χ0v) is 14.2. The lowest BCUT2D eigenvalue weighted by atomic mass is 10.1. The molecule has 1 aromatic heterocycles. The number of amides is 1. The highest BCUT2D eigenvalue weighted by atomic mass is 16.5. The van der Waals surface area contributed by atoms with Crippen LogP contribution in [0.2, 0.25) is 0 Å². The number of H-pyrrole nitrogens is 1. The van der Waals surface area contributed by atoms with Crippen molar-refractivity contribution in [3.63, 3.8) is 0 Å². The van der Waals surface area contributed by atoms with Gasteiger partial charge in [0.15, 0.2) is 11.5 Å². The number of benzene rings is 1. The molecule has 1 amide bonds. The molecule has 0 saturated heterocycles. The van der Waals surface area contributed by atoms with E-state index in [4.69, 9.17) is 9.47 Å². The summed E-state index contributed by atoms with van der Waals surface area (Å²) in [5.41, 5.74) is 4.27. The molecule has 0 fully saturated rings. The molecule has 23 heavy (non-hydrogen) atoms. The first-order chi connectivity index (χ1) is 11.0. The van der Waals surface area contributed by atoms with E-state index in [1.807, 2.05) is 38.1 Å². The Morgan fingerprint density at radius 3 is 2.48 bits per heavy atom. The van der Waals surface area contributed by atoms with Crippen molar-refractivity contribution in [1.29, 1.82) is 0 Å². The van der Waals surface area contributed by atoms with Gasteiger partial charge in [0.05, 0.1) is 20.6 Å². The molecule has 1 heterocycles. The van der Waals surface area contributed by atoms with Crippen LogP contribution in [-0.4, -0.2) is 31.7 Å². The van der Waals surface area contributed by atoms with E-state index in [-0.39, 0.29) is 5.91 Å². The molecule has 0 spiro atoms. The maximum atomic E-state index is 12.0. The summed E-state index contributed by atoms with van der Waals surface area (Å²) < 4.78 is 10.5. The van der Waals surface area contributed by atoms with Crippen LogP contribution in [0.5, 0.6) is 11.5 Å². The lowest BCUT2D eigenvalue weighted by molar-refractivity contribution is -0.120. The average molecular weight is 316 g/mol. The molecule has 0 bridgehead atoms. The molecule has 0 atom stereocenters. The van der Waals surface area contributed by atoms with Gasteiger partial charge in [0.2, 0.25) is 5.91 Å². The molecule has 2 N–H and O–H groups in total. The van der Waals surface area contributed by atoms with E-state index < -0.39 is 0 Å². The number of hydrogen-bond acceptors (Lipinski definition) is 3. The maximum absolute atomic E-state index is 12.0. The molecule has 0 unspecified atom stereocenters. The Kier molecular flexibility index (Phi) is 5.68. The van der Waals surface area contributed by atoms with Crippen LogP contribution in [0.25, 0.3) is 0 Å². The van der Waals surface area contributed by atoms with E-state index in [0.717, 1.165) is 28.9 Å². The van der Waals surface area contributed by atoms with Gasteiger partial charge in [-0.3, -0.25) is 4.79 Å². The van der Waals surface area contributed by atoms with Crippen molar-refractivity contribution < 1.29 is 14.3 Å². The smallest absolute Gasteiger partial charge is 0.224 e. The summed E-state index contributed by atoms with van der Waals surface area (Å²) >= 11 is 0. The molecule has 0 aliphatic carbocycles. The first-order valence-corrected chi connectivity index (χ1v) is 7.66. The van der Waals surface area contributed by atoms with Gasteiger partial charge >= 0.3 is 0 Å². The Balaban J connectivity index is 1.85. The van der Waals surface area contributed by atoms with E-state index in [1.54, 1.807) is 14.2 Å². The molecule has 124 valence electrons. The second kappa shape index (κ2) is 7.72. The number of aromatic nitrogens is 1. The van der Waals surface area contributed by atoms with Crippen LogP contribution < -0.4 is 14.8 Å². The highest BCUT2D eigenvalue weighted by Crippen LogP contribution is 2.27. The fraction of sp³-hybridized carbons (Fsp3) is 0.389. The molecular weight excluding hydrogens is 292 g/mol. The average Bonchev–Trinajstić information content (AvgIpc) is 2.84. The highest BCUT2D eigenvalue weighted by molar-refractivity contribution is 5.78. The van der Waals surface area contributed by atoms with Crippen molar-refractivity contribution in [3.05, 3.63) is 46.8 Å². The molecule has 5 nitrogen and oxygen atoms in total. The lowest BCUT2D eigenvalue weighted by Crippen LogP contribution is -2.27. The van der Waals surface area contributed by atoms with Gasteiger partial charge in [0.25, 0.3) is 0 Å². The number of carbonyl (C=O) groups excluding carboxylic acids is 1. The summed E-state index contributed by atoms with van der Waals surface area (Å²) in [5.74, 6) is 1.45. The zero-order chi connectivity index (χ0) is 16.8. The predicted molar refractivity (Wildman–Crippen MR) is 90.2 cm³/mol. The van der Waals surface area contributed by atoms with Gasteiger partial charge in [-0.25, -0.2) is 0 Å². The minimum atomic E-state index is 0.0348. The topological polar surface area (TPSA) is 63.3 Å². The summed E-state index contributed by atoms with van der Waals surface area (Å²) in [6.07, 6.45) is 1.15. The van der Waals surface area contributed by atoms with Gasteiger partial charge in [-0.2, -0.15) is 0 Å². The summed E-state index contributed by atoms with van der Waals surface area (Å²) in [5, 5.41) is 2.96. The van der Waals surface area contributed by atoms with Crippen LogP contribution in [0, 0.1) is 13.8 Å². The fourth-order valence-electron chi connectivity index (χ4n) is 2.58. The number of ether oxygens (including phenoxy) is 2. The monoisotopic (exact) mass is 316 g/mol. The minimum Gasteiger partial charge on any atom is -0.493 e. The van der Waals surface area contributed by atoms with E-state index in [9.17, 15) is 4.79 Å². The number of methoxy groups -OCH3 is 2. The number of aromatic amines is 1. The SMILES string of the molecule is COc1ccc(CCNC(=O)Cc2cc(C)[nH]c2C)cc1OC. The van der Waals surface area contributed by atoms with E-state index in [1.165, 1.54) is 0 Å². The molecule has 0 aliphatic heterocycles. The Labute approximate surface area is 137 Å². The standard InChI is InChI=1S/C18H24N2O3/c1-12-9-15(13(2)20-12)11-18(21)19-8-7-14-5-6-16(22-3)17(10-14)23-4/h5-6,9-10,20H,7-8,11H2,1-4H3,(H,19,21). The second-order valence-electron chi connectivity index (χ2n) is 5.57. The van der Waals surface area contributed by atoms with Crippen LogP contribution in [0.3, 0.4) is 0 Å². The Bertz CT molecular complexity index is 677. The summed E-state index contributed by atoms with van der Waals surface area (Å²) in [4.78, 5) is 15.2. The van der Waals surface area contributed by atoms with Gasteiger partial charge in [0, 0.05) is 17.9 Å². The molecule has 0 radical (unpaired) electrons. The van der Waals surface area contributed by atoms with Crippen LogP contribution in [0.15, 0.2) is 24.3 Å². The zero-order valence-electron chi connectivity index (χ0n) is 14.2. The molecular formula is C18H24N2O3. The van der Waals surface area contributed by atoms with Crippen molar-refractivity contribution in [2.75, 3.05) is 20.8 Å². The normalized spacial score (nSPS) is 10.4. The molecule has 1 aromatic carbocycles. The van der Waals surface area contributed by atoms with Gasteiger partial charge in [-0.05, 0) is 49.6 Å². The van der Waals surface area contributed by atoms with Crippen molar-refractivity contribution >= 4 is 5.91 Å². The van der Waals surface area contributed by atoms with Crippen LogP contribution >= 0.6 is 0 Å². The summed E-state index contributed by atoms with van der Waals surface area (Å²) in [6, 6.07) is 7.81. The summed E-state index contributed by atoms with van der Waals surface area (Å²) in [6.45, 7) is 4.57. The Morgan fingerprint density at radius 1 is 1.13 bits per heavy atom. The van der Waals surface area contributed by atoms with Crippen LogP contribution in [0.4, 0.5) is 0 Å². The first kappa shape index (κ1) is 16.9. The van der Waals surface area contributed by atoms with Gasteiger partial charge < -0.3 is 19.8 Å². The number of nitrogens with one attached hydrogen (secondary N) is 2. The fourth-order valence-corrected chi connectivity index (χ4v) is 2.58. The maximum Gasteiger partial charge on any atom is 0.224 e. The van der Waals surface area contributed by atoms with E-state index in [2.05, 4.69) is 10.3 Å². The van der Waals surface area contributed by atoms with E-state index in [0.29, 0.717) is 24.5 Å². The van der Waals surface area contributed by atoms with Gasteiger partial charge in [-0.15, -0.1) is 0 Å². The Morgan fingerprint density at radius 2 is 1.87 bits per heavy atom. The van der Waals surface area contributed by atoms with Gasteiger partial charge in [0.1, 0.15) is 0 Å². The third kappa shape index (κ3) is 4.52. The molecule has 0 saturated carbocycles. The van der Waals surface area contributed by atoms with Gasteiger partial charge in [-0.1, -0.05) is 6.07 Å². The van der Waals surface area contributed by atoms with E-state index >= 15 is 0 Å². The first-order valence-electron chi connectivity index (χ1n) is 7.66. The molecule has 0 aliphatic rings. The van der Waals surface area contributed by atoms with Crippen molar-refractivity contribution in [3.8, 4) is 11.5 Å². The second-order valence-corrected chi connectivity index (χ2v) is 5.57. The quantitative estimate of drug-likeness (QED) is 0.825. The Hall–Kier alpha value is -2.43. The summed E-state index contributed by atoms with van der Waals surface area (Å²) in [7, 11) is 3.23. The van der Waals surface area contributed by atoms with Crippen LogP contribution in [-0.2, 0) is 17.6 Å². The number of aryl methyl sites for hydroxylation is 2. The highest BCUT2D eigenvalue weighted by Gasteiger charge is 2.08. The molecule has 2 rings (SSSR count). The van der Waals surface area contributed by atoms with Crippen molar-refractivity contribution in [2.24, 2.45) is 0 Å².